The van der Waals surface area contributed by atoms with Gasteiger partial charge in [-0.25, -0.2) is 4.79 Å². The number of rotatable bonds is 9. The number of unbranched alkanes of at least 4 members (excludes halogenated alkanes) is 2. The van der Waals surface area contributed by atoms with Gasteiger partial charge in [-0.3, -0.25) is 0 Å². The van der Waals surface area contributed by atoms with E-state index in [1.54, 1.807) is 6.08 Å². The molecule has 1 aromatic rings. The van der Waals surface area contributed by atoms with Crippen molar-refractivity contribution >= 4 is 12.3 Å². The van der Waals surface area contributed by atoms with Crippen LogP contribution in [0.25, 0.3) is 0 Å². The van der Waals surface area contributed by atoms with Gasteiger partial charge in [-0.2, -0.15) is 0 Å². The second kappa shape index (κ2) is 17.3. The lowest BCUT2D eigenvalue weighted by Gasteiger charge is -2.74. The highest BCUT2D eigenvalue weighted by molar-refractivity contribution is 5.86. The van der Waals surface area contributed by atoms with Crippen LogP contribution < -0.4 is 5.32 Å². The maximum absolute atomic E-state index is 15.0. The molecule has 10 nitrogen and oxygen atoms in total. The average molecular weight is 936 g/mol. The van der Waals surface area contributed by atoms with E-state index in [1.165, 1.54) is 12.8 Å². The van der Waals surface area contributed by atoms with E-state index in [0.717, 1.165) is 92.8 Å². The number of aldehydes is 1. The average Bonchev–Trinajstić information content (AvgIpc) is 4.13. The number of nitrogens with one attached hydrogen (secondary N) is 1. The lowest BCUT2D eigenvalue weighted by molar-refractivity contribution is -0.383. The number of aliphatic hydroxyl groups excluding tert-OH is 3. The molecule has 19 atom stereocenters. The molecule has 1 aliphatic heterocycles. The molecular weight excluding hydrogens is 855 g/mol. The molecule has 7 N–H and O–H groups in total. The molecule has 0 radical (unpaired) electrons. The van der Waals surface area contributed by atoms with Crippen molar-refractivity contribution in [3.8, 4) is 11.8 Å². The third-order valence-electron chi connectivity index (χ3n) is 22.8. The Bertz CT molecular complexity index is 2230. The summed E-state index contributed by atoms with van der Waals surface area (Å²) in [4.78, 5) is 28.6. The van der Waals surface area contributed by atoms with Crippen LogP contribution in [0.4, 0.5) is 0 Å². The number of esters is 1. The third kappa shape index (κ3) is 6.40. The first-order chi connectivity index (χ1) is 32.7. The van der Waals surface area contributed by atoms with Gasteiger partial charge in [-0.05, 0) is 154 Å². The smallest absolute Gasteiger partial charge is 0.331 e. The summed E-state index contributed by atoms with van der Waals surface area (Å²) >= 11 is 0. The predicted octanol–water partition coefficient (Wildman–Crippen LogP) is 7.10. The Morgan fingerprint density at radius 1 is 0.926 bits per heavy atom. The van der Waals surface area contributed by atoms with Gasteiger partial charge in [-0.15, -0.1) is 0 Å². The minimum Gasteiger partial charge on any atom is -0.454 e. The minimum atomic E-state index is -2.20. The Kier molecular flexibility index (Phi) is 12.1. The molecular formula is C58H81NO9. The monoisotopic (exact) mass is 936 g/mol. The number of hydrogen-bond donors (Lipinski definition) is 7. The van der Waals surface area contributed by atoms with Crippen LogP contribution in [0, 0.1) is 87.3 Å². The van der Waals surface area contributed by atoms with Crippen molar-refractivity contribution in [3.05, 3.63) is 46.5 Å². The van der Waals surface area contributed by atoms with Crippen molar-refractivity contribution in [1.29, 1.82) is 0 Å². The van der Waals surface area contributed by atoms with Crippen molar-refractivity contribution in [2.24, 2.45) is 75.4 Å². The van der Waals surface area contributed by atoms with Crippen LogP contribution in [-0.4, -0.2) is 91.1 Å². The Hall–Kier alpha value is -2.62. The number of ether oxygens (including phenoxy) is 1. The van der Waals surface area contributed by atoms with Gasteiger partial charge in [0, 0.05) is 53.2 Å². The maximum atomic E-state index is 15.0. The van der Waals surface area contributed by atoms with Crippen LogP contribution in [0.15, 0.2) is 29.8 Å². The van der Waals surface area contributed by atoms with Gasteiger partial charge in [0.1, 0.15) is 23.6 Å². The molecule has 68 heavy (non-hydrogen) atoms. The standard InChI is InChI=1S/C58H81NO9/c1-4-5-6-12-35-20-23-53(29-35)32-55(33-61)47-21-24-54-22-10-9-15-37-16-11-17-39(31-60)41(37)27-46(59-3)42-25-40(49(54)43-28-48(62)68-50(42)43)30-56(54,65)58(47,67)52(64)45-26-38(34(2)36-13-7-8-14-36)18-19-44(51(53)63)57(45,55)66/h11,16-17,28,33-36,38,40,42,44-47,49-52,59-60,63-67H,4-8,10,12-14,18-27,29-32H2,1-3H3. The highest BCUT2D eigenvalue weighted by atomic mass is 16.5. The summed E-state index contributed by atoms with van der Waals surface area (Å²) in [5.41, 5.74) is -5.68. The number of carbonyl (C=O) groups excluding carboxylic acids is 2. The highest BCUT2D eigenvalue weighted by Gasteiger charge is 2.86. The van der Waals surface area contributed by atoms with E-state index < -0.39 is 75.1 Å². The van der Waals surface area contributed by atoms with Gasteiger partial charge in [-0.1, -0.05) is 89.2 Å². The van der Waals surface area contributed by atoms with Gasteiger partial charge in [0.15, 0.2) is 0 Å². The lowest BCUT2D eigenvalue weighted by atomic mass is 9.33. The van der Waals surface area contributed by atoms with Gasteiger partial charge in [0.05, 0.1) is 29.8 Å². The zero-order valence-electron chi connectivity index (χ0n) is 41.1. The molecule has 9 aliphatic carbocycles. The molecule has 0 amide bonds. The van der Waals surface area contributed by atoms with E-state index in [1.807, 2.05) is 25.2 Å². The molecule has 372 valence electrons. The van der Waals surface area contributed by atoms with Gasteiger partial charge < -0.3 is 45.5 Å². The van der Waals surface area contributed by atoms with Crippen LogP contribution in [0.5, 0.6) is 0 Å². The van der Waals surface area contributed by atoms with Gasteiger partial charge in [0.2, 0.25) is 0 Å². The minimum absolute atomic E-state index is 0.0985. The Labute approximate surface area is 404 Å². The van der Waals surface area contributed by atoms with Gasteiger partial charge in [0.25, 0.3) is 0 Å². The molecule has 4 bridgehead atoms. The fraction of sp³-hybridized carbons (Fsp3) is 0.793. The summed E-state index contributed by atoms with van der Waals surface area (Å²) < 4.78 is 6.31. The molecule has 0 saturated heterocycles. The molecule has 8 fully saturated rings. The Morgan fingerprint density at radius 2 is 1.74 bits per heavy atom. The zero-order chi connectivity index (χ0) is 47.6. The normalized spacial score (nSPS) is 48.5. The largest absolute Gasteiger partial charge is 0.454 e. The number of aliphatic hydroxyl groups is 6. The Morgan fingerprint density at radius 3 is 2.49 bits per heavy atom. The number of carbonyl (C=O) groups is 2. The summed E-state index contributed by atoms with van der Waals surface area (Å²) in [6, 6.07) is 5.66. The van der Waals surface area contributed by atoms with Crippen molar-refractivity contribution in [1.82, 2.24) is 5.32 Å². The van der Waals surface area contributed by atoms with Crippen LogP contribution in [0.3, 0.4) is 0 Å². The number of fused-ring (bicyclic) bond motifs is 7. The van der Waals surface area contributed by atoms with Crippen molar-refractivity contribution in [2.45, 2.75) is 203 Å². The molecule has 19 unspecified atom stereocenters. The van der Waals surface area contributed by atoms with Gasteiger partial charge >= 0.3 is 5.97 Å². The Balaban J connectivity index is 1.08. The van der Waals surface area contributed by atoms with Crippen molar-refractivity contribution in [3.63, 3.8) is 0 Å². The summed E-state index contributed by atoms with van der Waals surface area (Å²) in [6.07, 6.45) is 16.0. The molecule has 10 aliphatic rings. The van der Waals surface area contributed by atoms with E-state index in [0.29, 0.717) is 69.1 Å². The summed E-state index contributed by atoms with van der Waals surface area (Å²) in [7, 11) is 1.92. The van der Waals surface area contributed by atoms with E-state index in [9.17, 15) is 40.2 Å². The quantitative estimate of drug-likeness (QED) is 0.0586. The summed E-state index contributed by atoms with van der Waals surface area (Å²) in [5.74, 6) is 4.52. The van der Waals surface area contributed by atoms with Crippen molar-refractivity contribution in [2.75, 3.05) is 7.05 Å². The van der Waals surface area contributed by atoms with Crippen LogP contribution in [0.1, 0.15) is 165 Å². The fourth-order valence-electron chi connectivity index (χ4n) is 19.9. The van der Waals surface area contributed by atoms with Crippen LogP contribution >= 0.6 is 0 Å². The zero-order valence-corrected chi connectivity index (χ0v) is 41.1. The number of likely N-dealkylation sites (N-methyl/N-ethyl adjacent to an activating group) is 1. The second-order valence-corrected chi connectivity index (χ2v) is 25.0. The highest BCUT2D eigenvalue weighted by Crippen LogP contribution is 2.79. The second-order valence-electron chi connectivity index (χ2n) is 25.0. The van der Waals surface area contributed by atoms with E-state index >= 15 is 0 Å². The molecule has 11 rings (SSSR count). The molecule has 8 saturated carbocycles. The topological polar surface area (TPSA) is 177 Å². The molecule has 1 aromatic carbocycles. The first-order valence-electron chi connectivity index (χ1n) is 27.5. The fourth-order valence-corrected chi connectivity index (χ4v) is 19.9. The van der Waals surface area contributed by atoms with E-state index in [-0.39, 0.29) is 49.2 Å². The molecule has 0 aromatic heterocycles. The summed E-state index contributed by atoms with van der Waals surface area (Å²) in [6.45, 7) is 4.42. The molecule has 10 heteroatoms. The molecule has 2 spiro atoms. The van der Waals surface area contributed by atoms with E-state index in [2.05, 4.69) is 31.0 Å². The molecule has 1 heterocycles. The van der Waals surface area contributed by atoms with E-state index in [4.69, 9.17) is 4.74 Å². The maximum Gasteiger partial charge on any atom is 0.331 e. The first kappa shape index (κ1) is 47.7. The number of benzene rings is 1. The first-order valence-corrected chi connectivity index (χ1v) is 27.5. The number of hydrogen-bond acceptors (Lipinski definition) is 10. The summed E-state index contributed by atoms with van der Waals surface area (Å²) in [5, 5.41) is 84.2. The predicted molar refractivity (Wildman–Crippen MR) is 257 cm³/mol. The SMILES string of the molecule is CCCCCC1CCC2(C1)CC1(C=O)C3CCC45CCC#Cc6cccc(CO)c6CC(NC)C6CC(CC4(O)C3(O)C(O)C3CC(C(C)C4CCCC4)CCC(C2O)C31O)C5C1=CC(=O)OC16. The van der Waals surface area contributed by atoms with Crippen molar-refractivity contribution < 1.29 is 45.0 Å². The third-order valence-corrected chi connectivity index (χ3v) is 22.8. The van der Waals surface area contributed by atoms with Crippen LogP contribution in [0.2, 0.25) is 0 Å². The lowest BCUT2D eigenvalue weighted by Crippen LogP contribution is -2.86. The van der Waals surface area contributed by atoms with Crippen LogP contribution in [-0.2, 0) is 27.4 Å².